The maximum absolute atomic E-state index is 13.7. The van der Waals surface area contributed by atoms with Crippen molar-refractivity contribution in [2.45, 2.75) is 114 Å². The van der Waals surface area contributed by atoms with Crippen LogP contribution >= 0.6 is 0 Å². The molecule has 0 aromatic carbocycles. The van der Waals surface area contributed by atoms with Crippen LogP contribution in [0.15, 0.2) is 0 Å². The number of amides is 2. The summed E-state index contributed by atoms with van der Waals surface area (Å²) in [5, 5.41) is 14.1. The smallest absolute Gasteiger partial charge is 0.248 e. The molecule has 0 unspecified atom stereocenters. The van der Waals surface area contributed by atoms with Crippen LogP contribution in [0.5, 0.6) is 0 Å². The van der Waals surface area contributed by atoms with E-state index in [2.05, 4.69) is 17.1 Å². The molecule has 2 N–H and O–H groups in total. The number of aliphatic hydroxyl groups excluding tert-OH is 1. The van der Waals surface area contributed by atoms with Gasteiger partial charge in [0.25, 0.3) is 0 Å². The van der Waals surface area contributed by atoms with Crippen LogP contribution in [0.4, 0.5) is 0 Å². The fourth-order valence-corrected chi connectivity index (χ4v) is 6.80. The Bertz CT molecular complexity index is 634. The SMILES string of the molecule is CCCCN1C(=O)[C@@H]([C@H](O)C2CCCCC2)NC(=O)C12CCN(CC1CCCCC1)CC2. The summed E-state index contributed by atoms with van der Waals surface area (Å²) in [6.07, 6.45) is 14.7. The minimum atomic E-state index is -0.770. The number of nitrogens with one attached hydrogen (secondary N) is 1. The lowest BCUT2D eigenvalue weighted by molar-refractivity contribution is -0.166. The Kier molecular flexibility index (Phi) is 8.14. The molecule has 0 bridgehead atoms. The minimum Gasteiger partial charge on any atom is -0.390 e. The van der Waals surface area contributed by atoms with Crippen molar-refractivity contribution in [2.24, 2.45) is 11.8 Å². The predicted molar refractivity (Wildman–Crippen MR) is 126 cm³/mol. The summed E-state index contributed by atoms with van der Waals surface area (Å²) in [5.41, 5.74) is -0.724. The fourth-order valence-electron chi connectivity index (χ4n) is 6.80. The number of nitrogens with zero attached hydrogens (tertiary/aromatic N) is 2. The van der Waals surface area contributed by atoms with E-state index in [9.17, 15) is 14.7 Å². The van der Waals surface area contributed by atoms with Crippen LogP contribution in [0.1, 0.15) is 96.8 Å². The maximum Gasteiger partial charge on any atom is 0.248 e. The number of piperidine rings is 1. The predicted octanol–water partition coefficient (Wildman–Crippen LogP) is 3.47. The zero-order chi connectivity index (χ0) is 22.6. The van der Waals surface area contributed by atoms with Gasteiger partial charge in [-0.25, -0.2) is 0 Å². The number of carbonyl (C=O) groups excluding carboxylic acids is 2. The normalized spacial score (nSPS) is 29.3. The Labute approximate surface area is 194 Å². The van der Waals surface area contributed by atoms with Crippen LogP contribution in [0.25, 0.3) is 0 Å². The Morgan fingerprint density at radius 2 is 1.62 bits per heavy atom. The molecule has 4 aliphatic rings. The van der Waals surface area contributed by atoms with Gasteiger partial charge in [0.15, 0.2) is 0 Å². The molecule has 2 saturated carbocycles. The number of rotatable bonds is 7. The zero-order valence-electron chi connectivity index (χ0n) is 20.2. The first-order valence-electron chi connectivity index (χ1n) is 13.6. The van der Waals surface area contributed by atoms with Crippen molar-refractivity contribution in [3.63, 3.8) is 0 Å². The molecule has 2 saturated heterocycles. The standard InChI is InChI=1S/C26H45N3O3/c1-2-3-16-29-24(31)22(23(30)21-12-8-5-9-13-21)27-25(32)26(29)14-17-28(18-15-26)19-20-10-6-4-7-11-20/h20-23,30H,2-19H2,1H3,(H,27,32)/t22-,23-/m1/s1. The molecule has 2 amide bonds. The van der Waals surface area contributed by atoms with E-state index in [1.165, 1.54) is 38.5 Å². The van der Waals surface area contributed by atoms with Gasteiger partial charge in [-0.3, -0.25) is 9.59 Å². The van der Waals surface area contributed by atoms with E-state index >= 15 is 0 Å². The Morgan fingerprint density at radius 3 is 2.25 bits per heavy atom. The second-order valence-electron chi connectivity index (χ2n) is 11.0. The lowest BCUT2D eigenvalue weighted by atomic mass is 9.77. The molecule has 0 radical (unpaired) electrons. The van der Waals surface area contributed by atoms with E-state index in [4.69, 9.17) is 0 Å². The zero-order valence-corrected chi connectivity index (χ0v) is 20.2. The number of unbranched alkanes of at least 4 members (excludes halogenated alkanes) is 1. The molecule has 0 aromatic heterocycles. The van der Waals surface area contributed by atoms with E-state index < -0.39 is 17.7 Å². The molecule has 2 aliphatic carbocycles. The van der Waals surface area contributed by atoms with Crippen LogP contribution in [0.3, 0.4) is 0 Å². The monoisotopic (exact) mass is 447 g/mol. The minimum absolute atomic E-state index is 0.0228. The van der Waals surface area contributed by atoms with Crippen LogP contribution in [-0.2, 0) is 9.59 Å². The largest absolute Gasteiger partial charge is 0.390 e. The highest BCUT2D eigenvalue weighted by molar-refractivity contribution is 6.00. The van der Waals surface area contributed by atoms with Gasteiger partial charge in [-0.1, -0.05) is 51.9 Å². The number of aliphatic hydroxyl groups is 1. The molecule has 1 spiro atoms. The quantitative estimate of drug-likeness (QED) is 0.627. The molecule has 2 aliphatic heterocycles. The third-order valence-corrected chi connectivity index (χ3v) is 8.89. The highest BCUT2D eigenvalue weighted by Gasteiger charge is 2.55. The number of hydrogen-bond acceptors (Lipinski definition) is 4. The summed E-state index contributed by atoms with van der Waals surface area (Å²) in [6, 6.07) is -0.770. The first kappa shape index (κ1) is 24.0. The van der Waals surface area contributed by atoms with Crippen molar-refractivity contribution in [3.8, 4) is 0 Å². The lowest BCUT2D eigenvalue weighted by Gasteiger charge is -2.53. The van der Waals surface area contributed by atoms with Gasteiger partial charge in [0.05, 0.1) is 6.10 Å². The van der Waals surface area contributed by atoms with Gasteiger partial charge in [0, 0.05) is 26.2 Å². The van der Waals surface area contributed by atoms with Crippen LogP contribution in [0, 0.1) is 11.8 Å². The van der Waals surface area contributed by atoms with E-state index in [1.54, 1.807) is 0 Å². The molecule has 182 valence electrons. The molecule has 4 fully saturated rings. The van der Waals surface area contributed by atoms with Crippen LogP contribution in [0.2, 0.25) is 0 Å². The highest BCUT2D eigenvalue weighted by Crippen LogP contribution is 2.37. The summed E-state index contributed by atoms with van der Waals surface area (Å²) >= 11 is 0. The van der Waals surface area contributed by atoms with Crippen molar-refractivity contribution in [1.82, 2.24) is 15.1 Å². The topological polar surface area (TPSA) is 72.9 Å². The Hall–Kier alpha value is -1.14. The maximum atomic E-state index is 13.7. The summed E-state index contributed by atoms with van der Waals surface area (Å²) in [5.74, 6) is 0.852. The number of likely N-dealkylation sites (tertiary alicyclic amines) is 1. The van der Waals surface area contributed by atoms with Gasteiger partial charge in [-0.15, -0.1) is 0 Å². The lowest BCUT2D eigenvalue weighted by Crippen LogP contribution is -2.75. The van der Waals surface area contributed by atoms with Crippen molar-refractivity contribution >= 4 is 11.8 Å². The van der Waals surface area contributed by atoms with Gasteiger partial charge in [0.1, 0.15) is 11.6 Å². The summed E-state index contributed by atoms with van der Waals surface area (Å²) in [7, 11) is 0. The van der Waals surface area contributed by atoms with Crippen molar-refractivity contribution in [3.05, 3.63) is 0 Å². The number of hydrogen-bond donors (Lipinski definition) is 2. The molecule has 4 rings (SSSR count). The molecule has 0 aromatic rings. The molecule has 2 heterocycles. The average Bonchev–Trinajstić information content (AvgIpc) is 2.83. The molecular weight excluding hydrogens is 402 g/mol. The van der Waals surface area contributed by atoms with Crippen molar-refractivity contribution in [1.29, 1.82) is 0 Å². The summed E-state index contributed by atoms with van der Waals surface area (Å²) in [6.45, 7) is 5.66. The average molecular weight is 448 g/mol. The molecule has 6 nitrogen and oxygen atoms in total. The molecule has 6 heteroatoms. The van der Waals surface area contributed by atoms with Gasteiger partial charge < -0.3 is 20.2 Å². The third-order valence-electron chi connectivity index (χ3n) is 8.89. The second-order valence-corrected chi connectivity index (χ2v) is 11.0. The van der Waals surface area contributed by atoms with Gasteiger partial charge >= 0.3 is 0 Å². The van der Waals surface area contributed by atoms with Crippen LogP contribution in [-0.4, -0.2) is 70.6 Å². The Balaban J connectivity index is 1.44. The van der Waals surface area contributed by atoms with Crippen molar-refractivity contribution in [2.75, 3.05) is 26.2 Å². The third kappa shape index (κ3) is 5.01. The van der Waals surface area contributed by atoms with E-state index in [0.29, 0.717) is 19.4 Å². The van der Waals surface area contributed by atoms with E-state index in [0.717, 1.165) is 64.1 Å². The van der Waals surface area contributed by atoms with Gasteiger partial charge in [-0.05, 0) is 56.8 Å². The Morgan fingerprint density at radius 1 is 1.00 bits per heavy atom. The first-order chi connectivity index (χ1) is 15.5. The summed E-state index contributed by atoms with van der Waals surface area (Å²) in [4.78, 5) is 31.6. The number of piperazine rings is 1. The fraction of sp³-hybridized carbons (Fsp3) is 0.923. The van der Waals surface area contributed by atoms with E-state index in [-0.39, 0.29) is 17.7 Å². The van der Waals surface area contributed by atoms with Crippen LogP contribution < -0.4 is 5.32 Å². The van der Waals surface area contributed by atoms with Gasteiger partial charge in [0.2, 0.25) is 11.8 Å². The summed E-state index contributed by atoms with van der Waals surface area (Å²) < 4.78 is 0. The van der Waals surface area contributed by atoms with Crippen molar-refractivity contribution < 1.29 is 14.7 Å². The number of carbonyl (C=O) groups is 2. The van der Waals surface area contributed by atoms with E-state index in [1.807, 2.05) is 4.90 Å². The first-order valence-corrected chi connectivity index (χ1v) is 13.6. The molecule has 32 heavy (non-hydrogen) atoms. The highest BCUT2D eigenvalue weighted by atomic mass is 16.3. The second kappa shape index (κ2) is 10.9. The molecular formula is C26H45N3O3. The van der Waals surface area contributed by atoms with Gasteiger partial charge in [-0.2, -0.15) is 0 Å². The molecule has 2 atom stereocenters.